The Labute approximate surface area is 167 Å². The van der Waals surface area contributed by atoms with E-state index >= 15 is 0 Å². The summed E-state index contributed by atoms with van der Waals surface area (Å²) >= 11 is 0. The first-order chi connectivity index (χ1) is 13.0. The molecule has 0 saturated carbocycles. The molecule has 5 rings (SSSR count). The maximum absolute atomic E-state index is 10.2. The lowest BCUT2D eigenvalue weighted by atomic mass is 9.97. The Morgan fingerprint density at radius 1 is 1.07 bits per heavy atom. The van der Waals surface area contributed by atoms with Crippen molar-refractivity contribution >= 4 is 32.6 Å². The van der Waals surface area contributed by atoms with Crippen LogP contribution in [0.3, 0.4) is 0 Å². The van der Waals surface area contributed by atoms with Crippen LogP contribution in [0, 0.1) is 13.8 Å². The molecule has 0 aliphatic carbocycles. The number of aromatic nitrogens is 2. The maximum Gasteiger partial charge on any atom is 0.291 e. The minimum absolute atomic E-state index is 0. The number of nitrogens with zero attached hydrogens (tertiary/aromatic N) is 1. The molecule has 3 atom stereocenters. The van der Waals surface area contributed by atoms with Gasteiger partial charge in [-0.1, -0.05) is 0 Å². The van der Waals surface area contributed by atoms with E-state index in [4.69, 9.17) is 4.74 Å². The molecule has 1 aliphatic rings. The van der Waals surface area contributed by atoms with Crippen LogP contribution < -0.4 is 17.0 Å². The van der Waals surface area contributed by atoms with Gasteiger partial charge in [0.15, 0.2) is 18.5 Å². The van der Waals surface area contributed by atoms with Gasteiger partial charge in [-0.3, -0.25) is 0 Å². The second kappa shape index (κ2) is 6.60. The molecule has 0 bridgehead atoms. The largest absolute Gasteiger partial charge is 1.00 e. The lowest BCUT2D eigenvalue weighted by Crippen LogP contribution is -3.00. The Morgan fingerprint density at radius 3 is 2.57 bits per heavy atom. The van der Waals surface area contributed by atoms with Gasteiger partial charge in [-0.05, 0) is 48.6 Å². The SMILES string of the molecule is Cc1c2cc[n+](C3OC[C@@H](O)[C@H]3O)cc2c(C)c2c1[nH]c1ccc(O)cc12.[Cl-]. The van der Waals surface area contributed by atoms with Crippen LogP contribution in [0.2, 0.25) is 0 Å². The summed E-state index contributed by atoms with van der Waals surface area (Å²) in [6, 6.07) is 7.36. The fraction of sp³-hybridized carbons (Fsp3) is 0.286. The highest BCUT2D eigenvalue weighted by atomic mass is 35.5. The second-order valence-electron chi connectivity index (χ2n) is 7.36. The van der Waals surface area contributed by atoms with Gasteiger partial charge in [-0.15, -0.1) is 0 Å². The van der Waals surface area contributed by atoms with E-state index in [2.05, 4.69) is 18.8 Å². The number of aryl methyl sites for hydroxylation is 2. The first kappa shape index (κ1) is 19.0. The number of hydrogen-bond acceptors (Lipinski definition) is 4. The minimum atomic E-state index is -0.956. The molecular weight excluding hydrogens is 380 g/mol. The van der Waals surface area contributed by atoms with Crippen LogP contribution in [-0.2, 0) is 4.74 Å². The molecule has 2 aromatic carbocycles. The number of rotatable bonds is 1. The topological polar surface area (TPSA) is 89.6 Å². The zero-order valence-corrected chi connectivity index (χ0v) is 16.2. The van der Waals surface area contributed by atoms with Crippen LogP contribution in [0.25, 0.3) is 32.6 Å². The zero-order valence-electron chi connectivity index (χ0n) is 15.5. The van der Waals surface area contributed by atoms with E-state index in [-0.39, 0.29) is 24.8 Å². The van der Waals surface area contributed by atoms with Crippen LogP contribution >= 0.6 is 0 Å². The molecule has 1 saturated heterocycles. The fourth-order valence-corrected chi connectivity index (χ4v) is 4.26. The number of ether oxygens (including phenoxy) is 1. The lowest BCUT2D eigenvalue weighted by Gasteiger charge is -2.12. The Hall–Kier alpha value is -2.38. The van der Waals surface area contributed by atoms with Crippen molar-refractivity contribution in [2.45, 2.75) is 32.3 Å². The second-order valence-corrected chi connectivity index (χ2v) is 7.36. The van der Waals surface area contributed by atoms with Crippen molar-refractivity contribution < 1.29 is 37.0 Å². The summed E-state index contributed by atoms with van der Waals surface area (Å²) in [5, 5.41) is 34.1. The number of halogens is 1. The highest BCUT2D eigenvalue weighted by Crippen LogP contribution is 2.37. The third kappa shape index (κ3) is 2.57. The predicted octanol–water partition coefficient (Wildman–Crippen LogP) is -0.661. The molecule has 1 unspecified atom stereocenters. The molecule has 4 aromatic rings. The van der Waals surface area contributed by atoms with E-state index in [1.807, 2.05) is 29.1 Å². The normalized spacial score (nSPS) is 22.2. The van der Waals surface area contributed by atoms with E-state index in [0.29, 0.717) is 0 Å². The monoisotopic (exact) mass is 400 g/mol. The lowest BCUT2D eigenvalue weighted by molar-refractivity contribution is -0.763. The van der Waals surface area contributed by atoms with Gasteiger partial charge in [-0.25, -0.2) is 0 Å². The highest BCUT2D eigenvalue weighted by molar-refractivity contribution is 6.16. The van der Waals surface area contributed by atoms with Crippen LogP contribution in [0.4, 0.5) is 0 Å². The van der Waals surface area contributed by atoms with Gasteiger partial charge in [0.25, 0.3) is 6.23 Å². The van der Waals surface area contributed by atoms with Crippen molar-refractivity contribution in [1.82, 2.24) is 4.98 Å². The molecule has 1 fully saturated rings. The first-order valence-electron chi connectivity index (χ1n) is 9.01. The number of aromatic amines is 1. The average Bonchev–Trinajstić information content (AvgIpc) is 3.20. The van der Waals surface area contributed by atoms with Crippen LogP contribution in [0.5, 0.6) is 5.75 Å². The molecule has 0 spiro atoms. The van der Waals surface area contributed by atoms with E-state index < -0.39 is 18.4 Å². The number of benzene rings is 2. The van der Waals surface area contributed by atoms with Gasteiger partial charge in [0, 0.05) is 27.7 Å². The molecule has 6 nitrogen and oxygen atoms in total. The molecule has 4 N–H and O–H groups in total. The first-order valence-corrected chi connectivity index (χ1v) is 9.01. The minimum Gasteiger partial charge on any atom is -1.00 e. The van der Waals surface area contributed by atoms with Crippen molar-refractivity contribution in [3.8, 4) is 5.75 Å². The number of phenolic OH excluding ortho intramolecular Hbond substituents is 1. The van der Waals surface area contributed by atoms with Gasteiger partial charge < -0.3 is 37.4 Å². The number of hydrogen-bond donors (Lipinski definition) is 4. The van der Waals surface area contributed by atoms with Gasteiger partial charge in [0.1, 0.15) is 11.9 Å². The van der Waals surface area contributed by atoms with Crippen molar-refractivity contribution in [3.63, 3.8) is 0 Å². The molecule has 146 valence electrons. The fourth-order valence-electron chi connectivity index (χ4n) is 4.26. The summed E-state index contributed by atoms with van der Waals surface area (Å²) < 4.78 is 7.38. The average molecular weight is 401 g/mol. The van der Waals surface area contributed by atoms with E-state index in [1.54, 1.807) is 12.1 Å². The number of fused-ring (bicyclic) bond motifs is 4. The highest BCUT2D eigenvalue weighted by Gasteiger charge is 2.41. The molecule has 1 aliphatic heterocycles. The molecule has 0 amide bonds. The predicted molar refractivity (Wildman–Crippen MR) is 102 cm³/mol. The van der Waals surface area contributed by atoms with Crippen molar-refractivity contribution in [1.29, 1.82) is 0 Å². The molecule has 7 heteroatoms. The van der Waals surface area contributed by atoms with Gasteiger partial charge in [0.2, 0.25) is 0 Å². The standard InChI is InChI=1S/C21H20N2O4.ClH/c1-10-15-8-23(21-20(26)17(25)9-27-21)6-5-13(15)11(2)19-18(10)14-7-12(24)3-4-16(14)22-19;/h3-8,17,20-21,24-26H,9H2,1-2H3;1H/t17-,20-,21?;/m1./s1. The molecule has 3 heterocycles. The quantitative estimate of drug-likeness (QED) is 0.319. The van der Waals surface area contributed by atoms with E-state index in [0.717, 1.165) is 43.7 Å². The number of H-pyrrole nitrogens is 1. The van der Waals surface area contributed by atoms with Crippen LogP contribution in [-0.4, -0.2) is 39.1 Å². The number of nitrogens with one attached hydrogen (secondary N) is 1. The number of aliphatic hydroxyl groups is 2. The molecule has 28 heavy (non-hydrogen) atoms. The number of pyridine rings is 1. The van der Waals surface area contributed by atoms with Crippen molar-refractivity contribution in [2.24, 2.45) is 0 Å². The van der Waals surface area contributed by atoms with Crippen molar-refractivity contribution in [3.05, 3.63) is 47.8 Å². The summed E-state index contributed by atoms with van der Waals surface area (Å²) in [6.07, 6.45) is 1.40. The molecule has 2 aromatic heterocycles. The Balaban J connectivity index is 0.00000192. The maximum atomic E-state index is 10.2. The summed E-state index contributed by atoms with van der Waals surface area (Å²) in [5.41, 5.74) is 4.26. The number of aliphatic hydroxyl groups excluding tert-OH is 2. The third-order valence-corrected chi connectivity index (χ3v) is 5.74. The number of phenols is 1. The Morgan fingerprint density at radius 2 is 1.86 bits per heavy atom. The number of aromatic hydroxyl groups is 1. The summed E-state index contributed by atoms with van der Waals surface area (Å²) in [4.78, 5) is 3.47. The zero-order chi connectivity index (χ0) is 18.9. The van der Waals surface area contributed by atoms with Gasteiger partial charge in [0.05, 0.1) is 12.1 Å². The summed E-state index contributed by atoms with van der Waals surface area (Å²) in [6.45, 7) is 4.26. The van der Waals surface area contributed by atoms with Crippen LogP contribution in [0.15, 0.2) is 36.7 Å². The van der Waals surface area contributed by atoms with Gasteiger partial charge in [-0.2, -0.15) is 4.57 Å². The third-order valence-electron chi connectivity index (χ3n) is 5.74. The molecule has 0 radical (unpaired) electrons. The Kier molecular flexibility index (Phi) is 4.47. The molecular formula is C21H21ClN2O4. The van der Waals surface area contributed by atoms with E-state index in [9.17, 15) is 15.3 Å². The Bertz CT molecular complexity index is 1220. The van der Waals surface area contributed by atoms with Crippen LogP contribution in [0.1, 0.15) is 17.4 Å². The van der Waals surface area contributed by atoms with E-state index in [1.165, 1.54) is 0 Å². The van der Waals surface area contributed by atoms with Gasteiger partial charge >= 0.3 is 0 Å². The summed E-state index contributed by atoms with van der Waals surface area (Å²) in [7, 11) is 0. The summed E-state index contributed by atoms with van der Waals surface area (Å²) in [5.74, 6) is 0.236. The van der Waals surface area contributed by atoms with Crippen molar-refractivity contribution in [2.75, 3.05) is 6.61 Å². The smallest absolute Gasteiger partial charge is 0.291 e.